The molecule has 0 amide bonds. The summed E-state index contributed by atoms with van der Waals surface area (Å²) in [6.07, 6.45) is 2.43. The van der Waals surface area contributed by atoms with Crippen LogP contribution in [0.5, 0.6) is 0 Å². The molecule has 16 heavy (non-hydrogen) atoms. The van der Waals surface area contributed by atoms with Crippen LogP contribution in [0.4, 0.5) is 11.8 Å². The molecule has 1 rings (SSSR count). The molecule has 0 aliphatic rings. The molecule has 0 spiro atoms. The van der Waals surface area contributed by atoms with E-state index in [9.17, 15) is 0 Å². The molecule has 0 saturated carbocycles. The van der Waals surface area contributed by atoms with E-state index in [2.05, 4.69) is 15.3 Å². The highest BCUT2D eigenvalue weighted by Gasteiger charge is 2.12. The molecule has 6 heteroatoms. The third-order valence-electron chi connectivity index (χ3n) is 2.24. The van der Waals surface area contributed by atoms with E-state index in [-0.39, 0.29) is 12.1 Å². The van der Waals surface area contributed by atoms with Crippen LogP contribution < -0.4 is 11.1 Å². The molecular weight excluding hydrogens is 204 g/mol. The fourth-order valence-corrected chi connectivity index (χ4v) is 1.34. The van der Waals surface area contributed by atoms with Gasteiger partial charge in [-0.25, -0.2) is 4.98 Å². The van der Waals surface area contributed by atoms with Crippen molar-refractivity contribution < 1.29 is 0 Å². The standard InChI is InChI=1S/C10H16N6/c1-4-8(16(2)3)14-9-7(5-11)6-13-10(12)15-9/h6,8H,4H2,1-3H3,(H3,12,13,14,15). The van der Waals surface area contributed by atoms with Gasteiger partial charge in [-0.1, -0.05) is 6.92 Å². The molecular formula is C10H16N6. The van der Waals surface area contributed by atoms with Crippen LogP contribution in [0.1, 0.15) is 18.9 Å². The molecule has 1 heterocycles. The van der Waals surface area contributed by atoms with Gasteiger partial charge < -0.3 is 11.1 Å². The Kier molecular flexibility index (Phi) is 4.03. The van der Waals surface area contributed by atoms with Crippen LogP contribution >= 0.6 is 0 Å². The summed E-state index contributed by atoms with van der Waals surface area (Å²) in [5.74, 6) is 0.644. The number of nitrogens with one attached hydrogen (secondary N) is 1. The molecule has 0 saturated heterocycles. The molecule has 1 atom stereocenters. The van der Waals surface area contributed by atoms with E-state index in [1.807, 2.05) is 32.0 Å². The Bertz CT molecular complexity index is 395. The zero-order valence-electron chi connectivity index (χ0n) is 9.73. The number of rotatable bonds is 4. The lowest BCUT2D eigenvalue weighted by Gasteiger charge is -2.24. The first kappa shape index (κ1) is 12.2. The molecule has 6 nitrogen and oxygen atoms in total. The van der Waals surface area contributed by atoms with E-state index < -0.39 is 0 Å². The van der Waals surface area contributed by atoms with Crippen molar-refractivity contribution in [2.75, 3.05) is 25.1 Å². The second-order valence-corrected chi connectivity index (χ2v) is 3.63. The van der Waals surface area contributed by atoms with Crippen LogP contribution in [0.2, 0.25) is 0 Å². The topological polar surface area (TPSA) is 90.9 Å². The highest BCUT2D eigenvalue weighted by atomic mass is 15.3. The first-order chi connectivity index (χ1) is 7.58. The van der Waals surface area contributed by atoms with Crippen molar-refractivity contribution in [2.45, 2.75) is 19.5 Å². The van der Waals surface area contributed by atoms with E-state index in [0.717, 1.165) is 6.42 Å². The number of nitrogen functional groups attached to an aromatic ring is 1. The zero-order chi connectivity index (χ0) is 12.1. The third-order valence-corrected chi connectivity index (χ3v) is 2.24. The summed E-state index contributed by atoms with van der Waals surface area (Å²) >= 11 is 0. The Labute approximate surface area is 95.1 Å². The normalized spacial score (nSPS) is 12.2. The highest BCUT2D eigenvalue weighted by molar-refractivity contribution is 5.52. The second-order valence-electron chi connectivity index (χ2n) is 3.63. The Morgan fingerprint density at radius 2 is 2.31 bits per heavy atom. The number of nitrogens with zero attached hydrogens (tertiary/aromatic N) is 4. The summed E-state index contributed by atoms with van der Waals surface area (Å²) in [5, 5.41) is 12.1. The average molecular weight is 220 g/mol. The summed E-state index contributed by atoms with van der Waals surface area (Å²) in [7, 11) is 3.91. The summed E-state index contributed by atoms with van der Waals surface area (Å²) in [5.41, 5.74) is 5.89. The summed E-state index contributed by atoms with van der Waals surface area (Å²) in [6, 6.07) is 2.03. The molecule has 0 aliphatic heterocycles. The molecule has 0 fully saturated rings. The fourth-order valence-electron chi connectivity index (χ4n) is 1.34. The van der Waals surface area contributed by atoms with Gasteiger partial charge in [0.05, 0.1) is 12.4 Å². The number of aromatic nitrogens is 2. The Balaban J connectivity index is 2.95. The average Bonchev–Trinajstić information content (AvgIpc) is 2.25. The summed E-state index contributed by atoms with van der Waals surface area (Å²) < 4.78 is 0. The van der Waals surface area contributed by atoms with E-state index in [0.29, 0.717) is 11.4 Å². The fraction of sp³-hybridized carbons (Fsp3) is 0.500. The monoisotopic (exact) mass is 220 g/mol. The Hall–Kier alpha value is -1.87. The van der Waals surface area contributed by atoms with Gasteiger partial charge in [-0.3, -0.25) is 4.90 Å². The SMILES string of the molecule is CCC(Nc1nc(N)ncc1C#N)N(C)C. The van der Waals surface area contributed by atoms with Crippen LogP contribution in [0.15, 0.2) is 6.20 Å². The molecule has 1 aromatic rings. The van der Waals surface area contributed by atoms with Crippen molar-refractivity contribution in [1.29, 1.82) is 5.26 Å². The minimum absolute atomic E-state index is 0.112. The maximum atomic E-state index is 8.91. The maximum absolute atomic E-state index is 8.91. The van der Waals surface area contributed by atoms with Gasteiger partial charge in [0.25, 0.3) is 0 Å². The van der Waals surface area contributed by atoms with Crippen LogP contribution in [-0.4, -0.2) is 35.1 Å². The van der Waals surface area contributed by atoms with Crippen molar-refractivity contribution in [3.8, 4) is 6.07 Å². The summed E-state index contributed by atoms with van der Waals surface area (Å²) in [6.45, 7) is 2.05. The first-order valence-corrected chi connectivity index (χ1v) is 5.04. The van der Waals surface area contributed by atoms with Crippen LogP contribution in [0.25, 0.3) is 0 Å². The minimum Gasteiger partial charge on any atom is -0.368 e. The quantitative estimate of drug-likeness (QED) is 0.723. The molecule has 0 bridgehead atoms. The molecule has 86 valence electrons. The van der Waals surface area contributed by atoms with Crippen molar-refractivity contribution in [3.05, 3.63) is 11.8 Å². The largest absolute Gasteiger partial charge is 0.368 e. The van der Waals surface area contributed by atoms with Crippen molar-refractivity contribution in [3.63, 3.8) is 0 Å². The van der Waals surface area contributed by atoms with Gasteiger partial charge in [0, 0.05) is 0 Å². The second kappa shape index (κ2) is 5.28. The van der Waals surface area contributed by atoms with Crippen LogP contribution in [-0.2, 0) is 0 Å². The lowest BCUT2D eigenvalue weighted by atomic mass is 10.3. The molecule has 3 N–H and O–H groups in total. The third kappa shape index (κ3) is 2.81. The van der Waals surface area contributed by atoms with Crippen LogP contribution in [0, 0.1) is 11.3 Å². The van der Waals surface area contributed by atoms with Gasteiger partial charge in [-0.15, -0.1) is 0 Å². The maximum Gasteiger partial charge on any atom is 0.222 e. The van der Waals surface area contributed by atoms with Gasteiger partial charge in [-0.05, 0) is 20.5 Å². The van der Waals surface area contributed by atoms with Crippen molar-refractivity contribution in [2.24, 2.45) is 0 Å². The number of nitrogens with two attached hydrogens (primary N) is 1. The lowest BCUT2D eigenvalue weighted by molar-refractivity contribution is 0.315. The van der Waals surface area contributed by atoms with Crippen molar-refractivity contribution in [1.82, 2.24) is 14.9 Å². The van der Waals surface area contributed by atoms with Gasteiger partial charge >= 0.3 is 0 Å². The summed E-state index contributed by atoms with van der Waals surface area (Å²) in [4.78, 5) is 9.81. The van der Waals surface area contributed by atoms with Gasteiger partial charge in [0.2, 0.25) is 5.95 Å². The molecule has 0 radical (unpaired) electrons. The van der Waals surface area contributed by atoms with E-state index in [1.54, 1.807) is 0 Å². The highest BCUT2D eigenvalue weighted by Crippen LogP contribution is 2.14. The van der Waals surface area contributed by atoms with Gasteiger partial charge in [-0.2, -0.15) is 10.2 Å². The van der Waals surface area contributed by atoms with Gasteiger partial charge in [0.15, 0.2) is 5.82 Å². The molecule has 0 aliphatic carbocycles. The number of hydrogen-bond acceptors (Lipinski definition) is 6. The number of anilines is 2. The Morgan fingerprint density at radius 3 is 2.81 bits per heavy atom. The van der Waals surface area contributed by atoms with E-state index in [4.69, 9.17) is 11.0 Å². The molecule has 0 aromatic carbocycles. The first-order valence-electron chi connectivity index (χ1n) is 5.04. The minimum atomic E-state index is 0.112. The number of nitriles is 1. The van der Waals surface area contributed by atoms with Crippen LogP contribution in [0.3, 0.4) is 0 Å². The van der Waals surface area contributed by atoms with E-state index in [1.165, 1.54) is 6.20 Å². The number of hydrogen-bond donors (Lipinski definition) is 2. The molecule has 1 unspecified atom stereocenters. The lowest BCUT2D eigenvalue weighted by Crippen LogP contribution is -2.35. The van der Waals surface area contributed by atoms with Crippen molar-refractivity contribution >= 4 is 11.8 Å². The molecule has 1 aromatic heterocycles. The smallest absolute Gasteiger partial charge is 0.222 e. The zero-order valence-corrected chi connectivity index (χ0v) is 9.73. The van der Waals surface area contributed by atoms with Gasteiger partial charge in [0.1, 0.15) is 11.6 Å². The van der Waals surface area contributed by atoms with E-state index >= 15 is 0 Å². The predicted octanol–water partition coefficient (Wildman–Crippen LogP) is 0.640. The Morgan fingerprint density at radius 1 is 1.62 bits per heavy atom. The predicted molar refractivity (Wildman–Crippen MR) is 62.5 cm³/mol.